The van der Waals surface area contributed by atoms with Crippen LogP contribution in [0.5, 0.6) is 0 Å². The first-order valence-electron chi connectivity index (χ1n) is 7.14. The second kappa shape index (κ2) is 5.59. The fourth-order valence-corrected chi connectivity index (χ4v) is 2.89. The maximum atomic E-state index is 13.1. The Hall–Kier alpha value is -0.930. The first kappa shape index (κ1) is 14.5. The molecule has 2 nitrogen and oxygen atoms in total. The SMILES string of the molecule is CC[C@@]1(C)CC[C@](CCN)(c2ccc(F)cc2)CO1. The van der Waals surface area contributed by atoms with Crippen molar-refractivity contribution in [1.29, 1.82) is 0 Å². The molecule has 1 fully saturated rings. The van der Waals surface area contributed by atoms with Crippen LogP contribution in [0.25, 0.3) is 0 Å². The fraction of sp³-hybridized carbons (Fsp3) is 0.625. The Kier molecular flexibility index (Phi) is 4.26. The Bertz CT molecular complexity index is 407. The normalized spacial score (nSPS) is 31.4. The van der Waals surface area contributed by atoms with Gasteiger partial charge in [-0.3, -0.25) is 0 Å². The third-order valence-corrected chi connectivity index (χ3v) is 4.66. The topological polar surface area (TPSA) is 35.2 Å². The van der Waals surface area contributed by atoms with Gasteiger partial charge in [-0.05, 0) is 56.8 Å². The van der Waals surface area contributed by atoms with Crippen LogP contribution in [0.2, 0.25) is 0 Å². The first-order valence-corrected chi connectivity index (χ1v) is 7.14. The average Bonchev–Trinajstić information content (AvgIpc) is 2.43. The van der Waals surface area contributed by atoms with Crippen LogP contribution in [0.1, 0.15) is 45.1 Å². The van der Waals surface area contributed by atoms with Crippen LogP contribution < -0.4 is 5.73 Å². The Morgan fingerprint density at radius 3 is 2.42 bits per heavy atom. The summed E-state index contributed by atoms with van der Waals surface area (Å²) in [6.07, 6.45) is 3.99. The first-order chi connectivity index (χ1) is 9.03. The minimum absolute atomic E-state index is 0.0157. The molecule has 3 heteroatoms. The maximum Gasteiger partial charge on any atom is 0.123 e. The summed E-state index contributed by atoms with van der Waals surface area (Å²) in [5.74, 6) is -0.193. The van der Waals surface area contributed by atoms with Gasteiger partial charge in [-0.25, -0.2) is 4.39 Å². The number of nitrogens with two attached hydrogens (primary N) is 1. The minimum Gasteiger partial charge on any atom is -0.374 e. The van der Waals surface area contributed by atoms with Crippen molar-refractivity contribution in [2.75, 3.05) is 13.2 Å². The van der Waals surface area contributed by atoms with Gasteiger partial charge >= 0.3 is 0 Å². The Morgan fingerprint density at radius 2 is 1.95 bits per heavy atom. The Morgan fingerprint density at radius 1 is 1.26 bits per heavy atom. The van der Waals surface area contributed by atoms with Crippen molar-refractivity contribution in [3.63, 3.8) is 0 Å². The lowest BCUT2D eigenvalue weighted by Gasteiger charge is -2.45. The van der Waals surface area contributed by atoms with E-state index in [0.717, 1.165) is 31.2 Å². The van der Waals surface area contributed by atoms with Gasteiger partial charge in [0.15, 0.2) is 0 Å². The zero-order valence-electron chi connectivity index (χ0n) is 11.9. The van der Waals surface area contributed by atoms with Gasteiger partial charge in [0.25, 0.3) is 0 Å². The molecule has 0 bridgehead atoms. The van der Waals surface area contributed by atoms with Crippen LogP contribution >= 0.6 is 0 Å². The molecule has 0 aromatic heterocycles. The van der Waals surface area contributed by atoms with Gasteiger partial charge in [0.2, 0.25) is 0 Å². The molecule has 1 heterocycles. The summed E-state index contributed by atoms with van der Waals surface area (Å²) in [6, 6.07) is 6.81. The highest BCUT2D eigenvalue weighted by Gasteiger charge is 2.41. The van der Waals surface area contributed by atoms with E-state index in [4.69, 9.17) is 10.5 Å². The Labute approximate surface area is 115 Å². The Balaban J connectivity index is 2.23. The van der Waals surface area contributed by atoms with E-state index in [-0.39, 0.29) is 16.8 Å². The molecule has 19 heavy (non-hydrogen) atoms. The summed E-state index contributed by atoms with van der Waals surface area (Å²) in [5, 5.41) is 0. The molecule has 1 aliphatic heterocycles. The summed E-state index contributed by atoms with van der Waals surface area (Å²) in [4.78, 5) is 0. The lowest BCUT2D eigenvalue weighted by Crippen LogP contribution is -2.46. The van der Waals surface area contributed by atoms with Gasteiger partial charge in [-0.1, -0.05) is 19.1 Å². The van der Waals surface area contributed by atoms with Crippen LogP contribution in [0.15, 0.2) is 24.3 Å². The zero-order chi connectivity index (χ0) is 13.9. The van der Waals surface area contributed by atoms with Crippen LogP contribution in [0, 0.1) is 5.82 Å². The number of rotatable bonds is 4. The molecule has 1 aliphatic rings. The summed E-state index contributed by atoms with van der Waals surface area (Å²) < 4.78 is 19.2. The number of hydrogen-bond acceptors (Lipinski definition) is 2. The van der Waals surface area contributed by atoms with E-state index in [1.54, 1.807) is 0 Å². The number of hydrogen-bond donors (Lipinski definition) is 1. The number of benzene rings is 1. The molecule has 0 aliphatic carbocycles. The monoisotopic (exact) mass is 265 g/mol. The van der Waals surface area contributed by atoms with Crippen LogP contribution in [-0.2, 0) is 10.2 Å². The van der Waals surface area contributed by atoms with E-state index < -0.39 is 0 Å². The molecule has 0 amide bonds. The highest BCUT2D eigenvalue weighted by atomic mass is 19.1. The number of halogens is 1. The van der Waals surface area contributed by atoms with E-state index >= 15 is 0 Å². The molecule has 106 valence electrons. The molecule has 2 rings (SSSR count). The molecule has 1 aromatic rings. The molecule has 2 N–H and O–H groups in total. The quantitative estimate of drug-likeness (QED) is 0.905. The van der Waals surface area contributed by atoms with Crippen LogP contribution in [0.3, 0.4) is 0 Å². The van der Waals surface area contributed by atoms with Gasteiger partial charge in [-0.15, -0.1) is 0 Å². The van der Waals surface area contributed by atoms with Gasteiger partial charge in [-0.2, -0.15) is 0 Å². The molecule has 0 unspecified atom stereocenters. The van der Waals surface area contributed by atoms with Gasteiger partial charge < -0.3 is 10.5 Å². The van der Waals surface area contributed by atoms with Crippen molar-refractivity contribution < 1.29 is 9.13 Å². The third kappa shape index (κ3) is 2.98. The molecule has 2 atom stereocenters. The van der Waals surface area contributed by atoms with Crippen molar-refractivity contribution >= 4 is 0 Å². The summed E-state index contributed by atoms with van der Waals surface area (Å²) in [6.45, 7) is 5.64. The maximum absolute atomic E-state index is 13.1. The summed E-state index contributed by atoms with van der Waals surface area (Å²) in [5.41, 5.74) is 6.87. The molecule has 0 saturated carbocycles. The molecule has 1 aromatic carbocycles. The van der Waals surface area contributed by atoms with Crippen molar-refractivity contribution in [3.8, 4) is 0 Å². The standard InChI is InChI=1S/C16H24FNO/c1-3-15(2)8-9-16(10-11-18,12-19-15)13-4-6-14(17)7-5-13/h4-7H,3,8-12,18H2,1-2H3/t15-,16+/m0/s1. The predicted octanol–water partition coefficient (Wildman–Crippen LogP) is 3.39. The highest BCUT2D eigenvalue weighted by Crippen LogP contribution is 2.42. The molecule has 0 radical (unpaired) electrons. The zero-order valence-corrected chi connectivity index (χ0v) is 11.9. The van der Waals surface area contributed by atoms with Gasteiger partial charge in [0.05, 0.1) is 12.2 Å². The van der Waals surface area contributed by atoms with Crippen molar-refractivity contribution in [2.24, 2.45) is 5.73 Å². The second-order valence-electron chi connectivity index (χ2n) is 5.92. The third-order valence-electron chi connectivity index (χ3n) is 4.66. The van der Waals surface area contributed by atoms with Crippen LogP contribution in [-0.4, -0.2) is 18.8 Å². The summed E-state index contributed by atoms with van der Waals surface area (Å²) >= 11 is 0. The van der Waals surface area contributed by atoms with Crippen molar-refractivity contribution in [1.82, 2.24) is 0 Å². The van der Waals surface area contributed by atoms with Gasteiger partial charge in [0, 0.05) is 5.41 Å². The molecular weight excluding hydrogens is 241 g/mol. The smallest absolute Gasteiger partial charge is 0.123 e. The predicted molar refractivity (Wildman–Crippen MR) is 75.6 cm³/mol. The lowest BCUT2D eigenvalue weighted by molar-refractivity contribution is -0.103. The lowest BCUT2D eigenvalue weighted by atomic mass is 9.70. The highest BCUT2D eigenvalue weighted by molar-refractivity contribution is 5.27. The second-order valence-corrected chi connectivity index (χ2v) is 5.92. The number of ether oxygens (including phenoxy) is 1. The molecule has 0 spiro atoms. The van der Waals surface area contributed by atoms with Gasteiger partial charge in [0.1, 0.15) is 5.82 Å². The van der Waals surface area contributed by atoms with E-state index in [0.29, 0.717) is 13.2 Å². The molecular formula is C16H24FNO. The van der Waals surface area contributed by atoms with E-state index in [2.05, 4.69) is 13.8 Å². The molecule has 1 saturated heterocycles. The van der Waals surface area contributed by atoms with E-state index in [1.807, 2.05) is 12.1 Å². The minimum atomic E-state index is -0.193. The largest absolute Gasteiger partial charge is 0.374 e. The summed E-state index contributed by atoms with van der Waals surface area (Å²) in [7, 11) is 0. The van der Waals surface area contributed by atoms with E-state index in [9.17, 15) is 4.39 Å². The van der Waals surface area contributed by atoms with Crippen LogP contribution in [0.4, 0.5) is 4.39 Å². The average molecular weight is 265 g/mol. The van der Waals surface area contributed by atoms with Crippen molar-refractivity contribution in [3.05, 3.63) is 35.6 Å². The van der Waals surface area contributed by atoms with E-state index in [1.165, 1.54) is 12.1 Å². The fourth-order valence-electron chi connectivity index (χ4n) is 2.89. The van der Waals surface area contributed by atoms with Crippen molar-refractivity contribution in [2.45, 2.75) is 50.5 Å².